The number of likely N-dealkylation sites (tertiary alicyclic amines) is 1. The van der Waals surface area contributed by atoms with Gasteiger partial charge in [-0.3, -0.25) is 19.3 Å². The summed E-state index contributed by atoms with van der Waals surface area (Å²) in [6, 6.07) is 15.0. The van der Waals surface area contributed by atoms with Crippen molar-refractivity contribution in [1.29, 1.82) is 0 Å². The molecule has 1 spiro atoms. The number of rotatable bonds is 10. The van der Waals surface area contributed by atoms with Crippen molar-refractivity contribution in [3.8, 4) is 11.5 Å². The van der Waals surface area contributed by atoms with Gasteiger partial charge in [-0.25, -0.2) is 0 Å². The number of amides is 1. The van der Waals surface area contributed by atoms with Gasteiger partial charge in [0.25, 0.3) is 12.4 Å². The van der Waals surface area contributed by atoms with E-state index in [4.69, 9.17) is 19.4 Å². The predicted molar refractivity (Wildman–Crippen MR) is 181 cm³/mol. The molecule has 0 bridgehead atoms. The minimum atomic E-state index is -0.821. The second-order valence-corrected chi connectivity index (χ2v) is 13.9. The fourth-order valence-corrected chi connectivity index (χ4v) is 7.72. The Labute approximate surface area is 280 Å². The third-order valence-electron chi connectivity index (χ3n) is 8.47. The molecule has 47 heavy (non-hydrogen) atoms. The molecule has 2 fully saturated rings. The fraction of sp³-hybridized carbons (Fsp3) is 0.424. The molecule has 2 aromatic heterocycles. The summed E-state index contributed by atoms with van der Waals surface area (Å²) in [7, 11) is 0. The minimum absolute atomic E-state index is 0.00577. The molecule has 2 aromatic carbocycles. The highest BCUT2D eigenvalue weighted by Crippen LogP contribution is 2.32. The lowest BCUT2D eigenvalue weighted by Crippen LogP contribution is -2.58. The Morgan fingerprint density at radius 1 is 1.13 bits per heavy atom. The van der Waals surface area contributed by atoms with Crippen molar-refractivity contribution in [1.82, 2.24) is 20.1 Å². The maximum absolute atomic E-state index is 13.0. The van der Waals surface area contributed by atoms with Gasteiger partial charge in [-0.1, -0.05) is 29.5 Å². The number of thiophene rings is 1. The fourth-order valence-electron chi connectivity index (χ4n) is 5.97. The second-order valence-electron chi connectivity index (χ2n) is 11.6. The molecule has 2 aliphatic heterocycles. The minimum Gasteiger partial charge on any atom is -0.506 e. The van der Waals surface area contributed by atoms with Gasteiger partial charge in [0.05, 0.1) is 34.4 Å². The number of piperidine rings is 1. The number of aliphatic hydroxyl groups excluding tert-OH is 1. The van der Waals surface area contributed by atoms with E-state index in [0.29, 0.717) is 55.2 Å². The Bertz CT molecular complexity index is 1690. The van der Waals surface area contributed by atoms with Crippen molar-refractivity contribution in [2.24, 2.45) is 0 Å². The zero-order chi connectivity index (χ0) is 33.4. The Morgan fingerprint density at radius 2 is 1.87 bits per heavy atom. The molecule has 6 rings (SSSR count). The first-order chi connectivity index (χ1) is 22.7. The predicted octanol–water partition coefficient (Wildman–Crippen LogP) is 3.58. The number of nitrogens with zero attached hydrogens (tertiary/aromatic N) is 2. The number of ether oxygens (including phenoxy) is 2. The number of hydrogen-bond donors (Lipinski definition) is 5. The molecule has 252 valence electrons. The average Bonchev–Trinajstić information content (AvgIpc) is 3.69. The molecule has 2 saturated heterocycles. The third kappa shape index (κ3) is 8.77. The normalized spacial score (nSPS) is 16.9. The first-order valence-electron chi connectivity index (χ1n) is 15.5. The summed E-state index contributed by atoms with van der Waals surface area (Å²) in [5, 5.41) is 30.8. The summed E-state index contributed by atoms with van der Waals surface area (Å²) >= 11 is 2.54. The summed E-state index contributed by atoms with van der Waals surface area (Å²) in [5.41, 5.74) is 1.77. The van der Waals surface area contributed by atoms with Crippen molar-refractivity contribution in [3.05, 3.63) is 79.1 Å². The lowest BCUT2D eigenvalue weighted by molar-refractivity contribution is -0.127. The van der Waals surface area contributed by atoms with E-state index in [1.807, 2.05) is 48.2 Å². The molecule has 1 amide bonds. The van der Waals surface area contributed by atoms with Crippen LogP contribution in [0.25, 0.3) is 10.2 Å². The van der Waals surface area contributed by atoms with Crippen LogP contribution in [-0.2, 0) is 16.1 Å². The third-order valence-corrected chi connectivity index (χ3v) is 10.4. The molecular formula is C33H40N4O8S2. The molecule has 4 aromatic rings. The number of H-pyrrole nitrogens is 1. The standard InChI is InChI=1S/C32H38N4O6S2.CH2O2/c1-21-2-9-27(43-21)30(39)36-15-17-42-32(20-36)10-12-35(13-11-32)14-16-41-23-5-3-22(4-6-23)18-33-19-26(38)24-7-8-25(37)28-29(24)44-31(40)34-28;2-1-3/h2-9,26,33,37-38H,10-20H2,1H3,(H,34,40);1H,(H,2,3)/t26-;/m0./s1. The molecule has 0 aliphatic carbocycles. The molecule has 0 radical (unpaired) electrons. The highest BCUT2D eigenvalue weighted by atomic mass is 32.1. The number of nitrogens with one attached hydrogen (secondary N) is 2. The number of fused-ring (bicyclic) bond motifs is 1. The lowest BCUT2D eigenvalue weighted by atomic mass is 9.89. The van der Waals surface area contributed by atoms with Gasteiger partial charge >= 0.3 is 4.87 Å². The Hall–Kier alpha value is -3.79. The van der Waals surface area contributed by atoms with E-state index < -0.39 is 6.10 Å². The number of benzene rings is 2. The lowest BCUT2D eigenvalue weighted by Gasteiger charge is -2.47. The highest BCUT2D eigenvalue weighted by Gasteiger charge is 2.41. The highest BCUT2D eigenvalue weighted by molar-refractivity contribution is 7.16. The molecule has 4 heterocycles. The number of carboxylic acid groups (broad SMARTS) is 1. The zero-order valence-corrected chi connectivity index (χ0v) is 27.8. The largest absolute Gasteiger partial charge is 0.506 e. The van der Waals surface area contributed by atoms with Crippen LogP contribution < -0.4 is 14.9 Å². The molecule has 5 N–H and O–H groups in total. The average molecular weight is 685 g/mol. The zero-order valence-electron chi connectivity index (χ0n) is 26.1. The van der Waals surface area contributed by atoms with Gasteiger partial charge < -0.3 is 40.0 Å². The summed E-state index contributed by atoms with van der Waals surface area (Å²) in [6.07, 6.45) is 0.984. The number of hydrogen-bond acceptors (Lipinski definition) is 11. The number of carbonyl (C=O) groups excluding carboxylic acids is 1. The quantitative estimate of drug-likeness (QED) is 0.156. The smallest absolute Gasteiger partial charge is 0.305 e. The summed E-state index contributed by atoms with van der Waals surface area (Å²) in [6.45, 7) is 7.78. The number of morpholine rings is 1. The number of aromatic hydroxyl groups is 1. The summed E-state index contributed by atoms with van der Waals surface area (Å²) in [4.78, 5) is 41.8. The van der Waals surface area contributed by atoms with E-state index in [0.717, 1.165) is 64.9 Å². The number of aromatic amines is 1. The molecule has 0 saturated carbocycles. The van der Waals surface area contributed by atoms with Crippen LogP contribution in [0.2, 0.25) is 0 Å². The number of aliphatic hydroxyl groups is 1. The molecule has 2 aliphatic rings. The van der Waals surface area contributed by atoms with Crippen molar-refractivity contribution in [2.45, 2.75) is 38.0 Å². The van der Waals surface area contributed by atoms with E-state index in [-0.39, 0.29) is 28.6 Å². The van der Waals surface area contributed by atoms with Crippen LogP contribution in [0, 0.1) is 6.92 Å². The monoisotopic (exact) mass is 684 g/mol. The van der Waals surface area contributed by atoms with Gasteiger partial charge in [-0.2, -0.15) is 0 Å². The maximum atomic E-state index is 13.0. The Balaban J connectivity index is 0.00000139. The van der Waals surface area contributed by atoms with Crippen LogP contribution in [0.4, 0.5) is 0 Å². The van der Waals surface area contributed by atoms with Gasteiger partial charge in [0.1, 0.15) is 23.6 Å². The van der Waals surface area contributed by atoms with E-state index in [2.05, 4.69) is 15.2 Å². The van der Waals surface area contributed by atoms with Crippen LogP contribution in [0.1, 0.15) is 44.6 Å². The van der Waals surface area contributed by atoms with Crippen LogP contribution in [0.3, 0.4) is 0 Å². The summed E-state index contributed by atoms with van der Waals surface area (Å²) in [5.74, 6) is 0.923. The number of phenolic OH excluding ortho intramolecular Hbond substituents is 1. The SMILES string of the molecule is Cc1ccc(C(=O)N2CCOC3(CCN(CCOc4ccc(CNC[C@H](O)c5ccc(O)c6[nH]c(=O)sc56)cc4)CC3)C2)s1.O=CO. The first-order valence-corrected chi connectivity index (χ1v) is 17.1. The van der Waals surface area contributed by atoms with Crippen LogP contribution in [0.15, 0.2) is 53.3 Å². The van der Waals surface area contributed by atoms with Crippen molar-refractivity contribution in [3.63, 3.8) is 0 Å². The molecule has 12 nitrogen and oxygen atoms in total. The molecule has 1 atom stereocenters. The second kappa shape index (κ2) is 15.9. The number of phenols is 1. The van der Waals surface area contributed by atoms with Crippen molar-refractivity contribution >= 4 is 45.3 Å². The number of aromatic nitrogens is 1. The van der Waals surface area contributed by atoms with Gasteiger partial charge in [0.15, 0.2) is 0 Å². The first kappa shape index (κ1) is 34.5. The Morgan fingerprint density at radius 3 is 2.57 bits per heavy atom. The van der Waals surface area contributed by atoms with E-state index in [1.54, 1.807) is 17.4 Å². The Kier molecular flexibility index (Phi) is 11.7. The van der Waals surface area contributed by atoms with Crippen LogP contribution in [-0.4, -0.2) is 101 Å². The van der Waals surface area contributed by atoms with E-state index >= 15 is 0 Å². The van der Waals surface area contributed by atoms with E-state index in [1.165, 1.54) is 6.07 Å². The topological polar surface area (TPSA) is 165 Å². The van der Waals surface area contributed by atoms with Gasteiger partial charge in [0, 0.05) is 49.7 Å². The van der Waals surface area contributed by atoms with Crippen LogP contribution in [0.5, 0.6) is 11.5 Å². The number of carbonyl (C=O) groups is 2. The van der Waals surface area contributed by atoms with Crippen molar-refractivity contribution < 1.29 is 34.4 Å². The molecule has 14 heteroatoms. The summed E-state index contributed by atoms with van der Waals surface area (Å²) < 4.78 is 12.8. The van der Waals surface area contributed by atoms with Crippen molar-refractivity contribution in [2.75, 3.05) is 52.5 Å². The molecular weight excluding hydrogens is 645 g/mol. The van der Waals surface area contributed by atoms with Gasteiger partial charge in [0.2, 0.25) is 0 Å². The maximum Gasteiger partial charge on any atom is 0.305 e. The number of thiazole rings is 1. The van der Waals surface area contributed by atoms with Gasteiger partial charge in [-0.15, -0.1) is 11.3 Å². The van der Waals surface area contributed by atoms with Gasteiger partial charge in [-0.05, 0) is 55.7 Å². The number of aryl methyl sites for hydroxylation is 1. The van der Waals surface area contributed by atoms with E-state index in [9.17, 15) is 19.8 Å². The van der Waals surface area contributed by atoms with Crippen LogP contribution >= 0.6 is 22.7 Å². The molecule has 0 unspecified atom stereocenters.